The molecular weight excluding hydrogens is 232 g/mol. The van der Waals surface area contributed by atoms with Gasteiger partial charge in [0.05, 0.1) is 6.10 Å². The van der Waals surface area contributed by atoms with E-state index in [0.29, 0.717) is 6.42 Å². The summed E-state index contributed by atoms with van der Waals surface area (Å²) in [5.74, 6) is -2.69. The maximum atomic E-state index is 11.5. The Balaban J connectivity index is -0.000000375. The standard InChI is InChI=1S/C12H22O4.Mg.2H/c1-4-5-6-7-8-10(11(13)14)12(15)16-9(2)3;;;/h9-10H,4-8H2,1-3H3,(H,13,14);;;/q;+2;2*-1. The van der Waals surface area contributed by atoms with Gasteiger partial charge in [-0.1, -0.05) is 32.6 Å². The molecular formula is C12H24MgO4. The van der Waals surface area contributed by atoms with Crippen molar-refractivity contribution in [1.29, 1.82) is 0 Å². The summed E-state index contributed by atoms with van der Waals surface area (Å²) in [4.78, 5) is 22.3. The molecule has 0 fully saturated rings. The maximum Gasteiger partial charge on any atom is 2.00 e. The van der Waals surface area contributed by atoms with Crippen LogP contribution < -0.4 is 0 Å². The first kappa shape index (κ1) is 19.1. The smallest absolute Gasteiger partial charge is 1.00 e. The summed E-state index contributed by atoms with van der Waals surface area (Å²) in [5.41, 5.74) is 0. The van der Waals surface area contributed by atoms with Crippen molar-refractivity contribution in [3.8, 4) is 0 Å². The van der Waals surface area contributed by atoms with E-state index >= 15 is 0 Å². The largest absolute Gasteiger partial charge is 2.00 e. The molecule has 17 heavy (non-hydrogen) atoms. The SMILES string of the molecule is CCCCCCC(C(=O)O)C(=O)OC(C)C.[H-].[H-].[Mg+2]. The molecule has 1 atom stereocenters. The van der Waals surface area contributed by atoms with E-state index in [4.69, 9.17) is 9.84 Å². The predicted octanol–water partition coefficient (Wildman–Crippen LogP) is 2.45. The predicted molar refractivity (Wildman–Crippen MR) is 69.1 cm³/mol. The summed E-state index contributed by atoms with van der Waals surface area (Å²) in [6.07, 6.45) is 4.01. The number of carboxylic acid groups (broad SMARTS) is 1. The number of aliphatic carboxylic acids is 1. The number of hydrogen-bond donors (Lipinski definition) is 1. The third-order valence-electron chi connectivity index (χ3n) is 2.28. The van der Waals surface area contributed by atoms with Crippen LogP contribution in [0.4, 0.5) is 0 Å². The van der Waals surface area contributed by atoms with Gasteiger partial charge in [-0.25, -0.2) is 0 Å². The molecule has 0 saturated carbocycles. The van der Waals surface area contributed by atoms with Crippen molar-refractivity contribution in [3.63, 3.8) is 0 Å². The molecule has 0 amide bonds. The van der Waals surface area contributed by atoms with E-state index in [1.807, 2.05) is 0 Å². The Labute approximate surface area is 122 Å². The molecule has 0 aliphatic rings. The zero-order chi connectivity index (χ0) is 12.6. The van der Waals surface area contributed by atoms with Gasteiger partial charge >= 0.3 is 35.0 Å². The van der Waals surface area contributed by atoms with Crippen molar-refractivity contribution < 1.29 is 22.3 Å². The minimum Gasteiger partial charge on any atom is -1.00 e. The van der Waals surface area contributed by atoms with Gasteiger partial charge in [0.15, 0.2) is 5.92 Å². The normalized spacial score (nSPS) is 11.8. The Morgan fingerprint density at radius 2 is 1.82 bits per heavy atom. The summed E-state index contributed by atoms with van der Waals surface area (Å²) in [6.45, 7) is 5.52. The van der Waals surface area contributed by atoms with Crippen molar-refractivity contribution in [3.05, 3.63) is 0 Å². The van der Waals surface area contributed by atoms with E-state index in [0.717, 1.165) is 25.7 Å². The summed E-state index contributed by atoms with van der Waals surface area (Å²) in [6, 6.07) is 0. The first-order valence-corrected chi connectivity index (χ1v) is 5.92. The Morgan fingerprint density at radius 1 is 1.24 bits per heavy atom. The molecule has 0 radical (unpaired) electrons. The number of carbonyl (C=O) groups is 2. The van der Waals surface area contributed by atoms with Gasteiger partial charge in [0.25, 0.3) is 0 Å². The van der Waals surface area contributed by atoms with E-state index in [-0.39, 0.29) is 32.0 Å². The molecule has 0 aliphatic carbocycles. The Kier molecular flexibility index (Phi) is 12.1. The first-order valence-electron chi connectivity index (χ1n) is 5.92. The number of carboxylic acids is 1. The van der Waals surface area contributed by atoms with Crippen LogP contribution in [0, 0.1) is 5.92 Å². The number of unbranched alkanes of at least 4 members (excludes halogenated alkanes) is 3. The van der Waals surface area contributed by atoms with Crippen molar-refractivity contribution in [2.45, 2.75) is 59.0 Å². The second-order valence-electron chi connectivity index (χ2n) is 4.23. The van der Waals surface area contributed by atoms with Gasteiger partial charge in [-0.2, -0.15) is 0 Å². The van der Waals surface area contributed by atoms with Crippen molar-refractivity contribution >= 4 is 35.0 Å². The van der Waals surface area contributed by atoms with Crippen LogP contribution in [-0.4, -0.2) is 46.2 Å². The zero-order valence-corrected chi connectivity index (χ0v) is 12.5. The molecule has 0 aromatic rings. The molecule has 0 aliphatic heterocycles. The van der Waals surface area contributed by atoms with E-state index < -0.39 is 17.9 Å². The molecule has 98 valence electrons. The van der Waals surface area contributed by atoms with Crippen LogP contribution in [0.25, 0.3) is 0 Å². The van der Waals surface area contributed by atoms with E-state index in [9.17, 15) is 9.59 Å². The molecule has 0 bridgehead atoms. The van der Waals surface area contributed by atoms with E-state index in [2.05, 4.69) is 6.92 Å². The van der Waals surface area contributed by atoms with Gasteiger partial charge in [0, 0.05) is 0 Å². The first-order chi connectivity index (χ1) is 7.49. The second kappa shape index (κ2) is 10.8. The monoisotopic (exact) mass is 256 g/mol. The van der Waals surface area contributed by atoms with Crippen LogP contribution in [0.3, 0.4) is 0 Å². The molecule has 0 heterocycles. The number of hydrogen-bond acceptors (Lipinski definition) is 3. The number of esters is 1. The topological polar surface area (TPSA) is 63.6 Å². The van der Waals surface area contributed by atoms with Crippen molar-refractivity contribution in [2.75, 3.05) is 0 Å². The van der Waals surface area contributed by atoms with Crippen LogP contribution >= 0.6 is 0 Å². The van der Waals surface area contributed by atoms with Gasteiger partial charge in [0.1, 0.15) is 0 Å². The van der Waals surface area contributed by atoms with Crippen molar-refractivity contribution in [1.82, 2.24) is 0 Å². The number of rotatable bonds is 8. The molecule has 1 N–H and O–H groups in total. The molecule has 0 rings (SSSR count). The van der Waals surface area contributed by atoms with Gasteiger partial charge in [-0.15, -0.1) is 0 Å². The van der Waals surface area contributed by atoms with Gasteiger partial charge in [-0.05, 0) is 20.3 Å². The van der Waals surface area contributed by atoms with Crippen molar-refractivity contribution in [2.24, 2.45) is 5.92 Å². The van der Waals surface area contributed by atoms with Gasteiger partial charge in [0.2, 0.25) is 0 Å². The van der Waals surface area contributed by atoms with E-state index in [1.165, 1.54) is 0 Å². The third-order valence-corrected chi connectivity index (χ3v) is 2.28. The van der Waals surface area contributed by atoms with Gasteiger partial charge in [-0.3, -0.25) is 9.59 Å². The number of carbonyl (C=O) groups excluding carboxylic acids is 1. The molecule has 0 aromatic carbocycles. The average molecular weight is 257 g/mol. The van der Waals surface area contributed by atoms with Crippen LogP contribution in [0.15, 0.2) is 0 Å². The van der Waals surface area contributed by atoms with Crippen LogP contribution in [-0.2, 0) is 14.3 Å². The summed E-state index contributed by atoms with van der Waals surface area (Å²) in [7, 11) is 0. The fourth-order valence-corrected chi connectivity index (χ4v) is 1.43. The maximum absolute atomic E-state index is 11.5. The fraction of sp³-hybridized carbons (Fsp3) is 0.833. The second-order valence-corrected chi connectivity index (χ2v) is 4.23. The minimum atomic E-state index is -1.08. The van der Waals surface area contributed by atoms with Crippen LogP contribution in [0.1, 0.15) is 55.7 Å². The minimum absolute atomic E-state index is 0. The number of ether oxygens (including phenoxy) is 1. The van der Waals surface area contributed by atoms with Crippen LogP contribution in [0.2, 0.25) is 0 Å². The van der Waals surface area contributed by atoms with Gasteiger partial charge < -0.3 is 12.7 Å². The summed E-state index contributed by atoms with van der Waals surface area (Å²) < 4.78 is 4.91. The van der Waals surface area contributed by atoms with Crippen LogP contribution in [0.5, 0.6) is 0 Å². The Bertz CT molecular complexity index is 238. The molecule has 0 saturated heterocycles. The average Bonchev–Trinajstić information content (AvgIpc) is 2.15. The third kappa shape index (κ3) is 9.41. The summed E-state index contributed by atoms with van der Waals surface area (Å²) >= 11 is 0. The molecule has 5 heteroatoms. The zero-order valence-electron chi connectivity index (χ0n) is 13.1. The Hall–Kier alpha value is -0.294. The summed E-state index contributed by atoms with van der Waals surface area (Å²) in [5, 5.41) is 8.91. The molecule has 0 aromatic heterocycles. The quantitative estimate of drug-likeness (QED) is 0.314. The van der Waals surface area contributed by atoms with E-state index in [1.54, 1.807) is 13.8 Å². The fourth-order valence-electron chi connectivity index (χ4n) is 1.43. The molecule has 4 nitrogen and oxygen atoms in total. The Morgan fingerprint density at radius 3 is 2.24 bits per heavy atom. The molecule has 0 spiro atoms. The molecule has 1 unspecified atom stereocenters.